The second-order valence-electron chi connectivity index (χ2n) is 18.9. The zero-order valence-electron chi connectivity index (χ0n) is 38.5. The molecule has 0 unspecified atom stereocenters. The molecule has 3 atom stereocenters. The monoisotopic (exact) mass is 1030 g/mol. The highest BCUT2D eigenvalue weighted by molar-refractivity contribution is 7.99. The smallest absolute Gasteiger partial charge is 0.489 e. The first-order valence-corrected chi connectivity index (χ1v) is 27.4. The number of sulfonamides is 1. The lowest BCUT2D eigenvalue weighted by Crippen LogP contribution is -2.57. The van der Waals surface area contributed by atoms with Gasteiger partial charge in [-0.05, 0) is 103 Å². The van der Waals surface area contributed by atoms with E-state index in [-0.39, 0.29) is 29.7 Å². The molecular weight excluding hydrogens is 973 g/mol. The van der Waals surface area contributed by atoms with Crippen molar-refractivity contribution in [2.45, 2.75) is 77.9 Å². The van der Waals surface area contributed by atoms with Gasteiger partial charge in [0.2, 0.25) is 0 Å². The summed E-state index contributed by atoms with van der Waals surface area (Å²) in [6, 6.07) is 23.5. The molecule has 0 aromatic heterocycles. The largest absolute Gasteiger partial charge is 0.501 e. The predicted octanol–water partition coefficient (Wildman–Crippen LogP) is 7.53. The maximum absolute atomic E-state index is 14.3. The summed E-state index contributed by atoms with van der Waals surface area (Å²) >= 11 is 7.63. The summed E-state index contributed by atoms with van der Waals surface area (Å²) < 4.78 is 105. The van der Waals surface area contributed by atoms with Crippen LogP contribution in [0.2, 0.25) is 5.02 Å². The van der Waals surface area contributed by atoms with Crippen molar-refractivity contribution in [2.24, 2.45) is 5.41 Å². The van der Waals surface area contributed by atoms with Crippen LogP contribution in [0.1, 0.15) is 55.5 Å². The summed E-state index contributed by atoms with van der Waals surface area (Å²) in [5, 5.41) is 16.9. The topological polar surface area (TPSA) is 161 Å². The molecular formula is C49H58ClF3N6O7S3. The first-order valence-electron chi connectivity index (χ1n) is 23.1. The van der Waals surface area contributed by atoms with E-state index in [4.69, 9.17) is 16.3 Å². The Morgan fingerprint density at radius 1 is 1.00 bits per heavy atom. The number of hydrogen-bond donors (Lipinski definition) is 4. The maximum atomic E-state index is 14.3. The van der Waals surface area contributed by atoms with Crippen LogP contribution in [0.15, 0.2) is 111 Å². The van der Waals surface area contributed by atoms with Crippen LogP contribution in [0, 0.1) is 5.41 Å². The standard InChI is InChI=1S/C49H58ClF3N6O7S3/c1-48(2)18-16-42(33-8-11-36(50)12-9-33)35(26-48)28-57-22-23-59-39(29-57)31-66-45-24-34(10-15-44(45)59)47(61)56-69(64,65)41-13-14-43(46(25-41)68(62,63)49(51,52)53)55-37(32-67-40-6-4-3-5-7-40)17-20-58-21-19-54-27-38(58)30-60/h3-15,24-25,37-39,54-55,60H,16-23,26-32H2,1-2H3,(H,56,61)/t37-,38+,39+/m1/s1. The Bertz CT molecular complexity index is 2750. The number of halogens is 4. The number of nitrogens with zero attached hydrogens (tertiary/aromatic N) is 3. The third kappa shape index (κ3) is 12.1. The van der Waals surface area contributed by atoms with Gasteiger partial charge in [-0.15, -0.1) is 11.8 Å². The van der Waals surface area contributed by atoms with E-state index in [1.807, 2.05) is 47.2 Å². The summed E-state index contributed by atoms with van der Waals surface area (Å²) in [6.07, 6.45) is 3.44. The predicted molar refractivity (Wildman–Crippen MR) is 264 cm³/mol. The number of allylic oxidation sites excluding steroid dienone is 1. The third-order valence-electron chi connectivity index (χ3n) is 13.4. The van der Waals surface area contributed by atoms with Gasteiger partial charge in [0, 0.05) is 85.7 Å². The van der Waals surface area contributed by atoms with Crippen molar-refractivity contribution in [1.29, 1.82) is 0 Å². The number of alkyl halides is 3. The van der Waals surface area contributed by atoms with Crippen molar-refractivity contribution in [3.63, 3.8) is 0 Å². The van der Waals surface area contributed by atoms with E-state index in [1.54, 1.807) is 6.07 Å². The average Bonchev–Trinajstić information content (AvgIpc) is 3.32. The Morgan fingerprint density at radius 2 is 1.77 bits per heavy atom. The molecule has 1 aliphatic carbocycles. The minimum Gasteiger partial charge on any atom is -0.489 e. The minimum atomic E-state index is -6.11. The van der Waals surface area contributed by atoms with Gasteiger partial charge in [0.25, 0.3) is 25.8 Å². The lowest BCUT2D eigenvalue weighted by molar-refractivity contribution is -0.0435. The molecule has 20 heteroatoms. The SMILES string of the molecule is CC1(C)CCC(c2ccc(Cl)cc2)=C(CN2CCN3c4ccc(C(=O)NS(=O)(=O)c5ccc(N[C@H](CCN6CCNC[C@H]6CO)CSc6ccccc6)c(S(=O)(=O)C(F)(F)F)c5)cc4OC[C@@H]3C2)C1. The number of ether oxygens (including phenoxy) is 1. The number of carbonyl (C=O) groups excluding carboxylic acids is 1. The molecule has 4 aromatic rings. The van der Waals surface area contributed by atoms with E-state index in [9.17, 15) is 39.9 Å². The van der Waals surface area contributed by atoms with E-state index < -0.39 is 52.8 Å². The number of thioether (sulfide) groups is 1. The number of carbonyl (C=O) groups is 1. The van der Waals surface area contributed by atoms with Gasteiger partial charge < -0.3 is 25.4 Å². The molecule has 1 amide bonds. The van der Waals surface area contributed by atoms with Gasteiger partial charge in [-0.3, -0.25) is 14.6 Å². The van der Waals surface area contributed by atoms with Crippen LogP contribution in [0.3, 0.4) is 0 Å². The molecule has 4 aromatic carbocycles. The van der Waals surface area contributed by atoms with Gasteiger partial charge in [0.1, 0.15) is 17.3 Å². The summed E-state index contributed by atoms with van der Waals surface area (Å²) in [5.41, 5.74) is -1.37. The fourth-order valence-electron chi connectivity index (χ4n) is 9.66. The average molecular weight is 1030 g/mol. The van der Waals surface area contributed by atoms with Crippen molar-refractivity contribution >= 4 is 66.1 Å². The molecule has 2 fully saturated rings. The van der Waals surface area contributed by atoms with Gasteiger partial charge in [-0.1, -0.05) is 61.4 Å². The van der Waals surface area contributed by atoms with Crippen LogP contribution in [0.4, 0.5) is 24.5 Å². The Labute approximate surface area is 411 Å². The molecule has 0 radical (unpaired) electrons. The molecule has 4 N–H and O–H groups in total. The second-order valence-corrected chi connectivity index (χ2v) is 24.0. The van der Waals surface area contributed by atoms with Crippen LogP contribution in [-0.2, 0) is 19.9 Å². The summed E-state index contributed by atoms with van der Waals surface area (Å²) in [4.78, 5) is 19.1. The maximum Gasteiger partial charge on any atom is 0.501 e. The molecule has 13 nitrogen and oxygen atoms in total. The number of hydrogen-bond acceptors (Lipinski definition) is 13. The molecule has 0 bridgehead atoms. The van der Waals surface area contributed by atoms with Crippen LogP contribution >= 0.6 is 23.4 Å². The number of nitrogens with one attached hydrogen (secondary N) is 3. The normalized spacial score (nSPS) is 20.7. The van der Waals surface area contributed by atoms with E-state index in [0.717, 1.165) is 61.6 Å². The van der Waals surface area contributed by atoms with Gasteiger partial charge in [0.15, 0.2) is 0 Å². The van der Waals surface area contributed by atoms with E-state index in [1.165, 1.54) is 40.6 Å². The third-order valence-corrected chi connectivity index (χ3v) is 17.7. The summed E-state index contributed by atoms with van der Waals surface area (Å²) in [7, 11) is -11.0. The number of rotatable bonds is 16. The fraction of sp³-hybridized carbons (Fsp3) is 0.449. The minimum absolute atomic E-state index is 0.0193. The van der Waals surface area contributed by atoms with Crippen molar-refractivity contribution in [3.05, 3.63) is 113 Å². The highest BCUT2D eigenvalue weighted by Crippen LogP contribution is 2.44. The fourth-order valence-corrected chi connectivity index (χ4v) is 12.8. The number of amides is 1. The second kappa shape index (κ2) is 21.2. The van der Waals surface area contributed by atoms with Crippen LogP contribution < -0.4 is 25.0 Å². The van der Waals surface area contributed by atoms with Crippen molar-refractivity contribution in [1.82, 2.24) is 19.8 Å². The van der Waals surface area contributed by atoms with E-state index >= 15 is 0 Å². The number of piperazine rings is 2. The number of anilines is 2. The van der Waals surface area contributed by atoms with Gasteiger partial charge >= 0.3 is 5.51 Å². The number of fused-ring (bicyclic) bond motifs is 3. The molecule has 69 heavy (non-hydrogen) atoms. The molecule has 8 rings (SSSR count). The molecule has 2 saturated heterocycles. The van der Waals surface area contributed by atoms with E-state index in [2.05, 4.69) is 51.3 Å². The first-order chi connectivity index (χ1) is 32.8. The van der Waals surface area contributed by atoms with Gasteiger partial charge in [-0.25, -0.2) is 21.6 Å². The van der Waals surface area contributed by atoms with Crippen molar-refractivity contribution in [3.8, 4) is 5.75 Å². The molecule has 0 saturated carbocycles. The summed E-state index contributed by atoms with van der Waals surface area (Å²) in [5.74, 6) is -0.390. The van der Waals surface area contributed by atoms with E-state index in [0.29, 0.717) is 68.3 Å². The molecule has 372 valence electrons. The Balaban J connectivity index is 0.970. The van der Waals surface area contributed by atoms with Gasteiger partial charge in [0.05, 0.1) is 28.9 Å². The first kappa shape index (κ1) is 51.0. The number of aliphatic hydroxyl groups is 1. The number of aliphatic hydroxyl groups excluding tert-OH is 1. The van der Waals surface area contributed by atoms with Gasteiger partial charge in [-0.2, -0.15) is 13.2 Å². The Hall–Kier alpha value is -4.34. The van der Waals surface area contributed by atoms with Crippen LogP contribution in [0.25, 0.3) is 5.57 Å². The van der Waals surface area contributed by atoms with Crippen molar-refractivity contribution < 1.29 is 44.6 Å². The van der Waals surface area contributed by atoms with Crippen LogP contribution in [0.5, 0.6) is 5.75 Å². The number of sulfone groups is 1. The summed E-state index contributed by atoms with van der Waals surface area (Å²) in [6.45, 7) is 10.2. The molecule has 3 aliphatic heterocycles. The lowest BCUT2D eigenvalue weighted by Gasteiger charge is -2.46. The zero-order valence-corrected chi connectivity index (χ0v) is 41.7. The highest BCUT2D eigenvalue weighted by Gasteiger charge is 2.48. The zero-order chi connectivity index (χ0) is 49.1. The van der Waals surface area contributed by atoms with Crippen LogP contribution in [-0.4, -0.2) is 133 Å². The lowest BCUT2D eigenvalue weighted by atomic mass is 9.72. The molecule has 4 aliphatic rings. The molecule has 0 spiro atoms. The van der Waals surface area contributed by atoms with Crippen molar-refractivity contribution in [2.75, 3.05) is 81.5 Å². The quantitative estimate of drug-likeness (QED) is 0.0817. The number of benzene rings is 4. The molecule has 3 heterocycles. The Morgan fingerprint density at radius 3 is 2.51 bits per heavy atom. The highest BCUT2D eigenvalue weighted by atomic mass is 35.5. The Kier molecular flexibility index (Phi) is 15.7.